The molecule has 4 nitrogen and oxygen atoms in total. The highest BCUT2D eigenvalue weighted by atomic mass is 19.1. The van der Waals surface area contributed by atoms with Crippen molar-refractivity contribution in [3.8, 4) is 11.3 Å². The molecule has 0 atom stereocenters. The van der Waals surface area contributed by atoms with Crippen LogP contribution in [-0.2, 0) is 0 Å². The van der Waals surface area contributed by atoms with Gasteiger partial charge in [-0.15, -0.1) is 0 Å². The molecular weight excluding hydrogens is 211 g/mol. The van der Waals surface area contributed by atoms with Crippen LogP contribution in [0.1, 0.15) is 0 Å². The van der Waals surface area contributed by atoms with Gasteiger partial charge in [0.25, 0.3) is 0 Å². The number of benzene rings is 1. The normalized spacial score (nSPS) is 11.1. The van der Waals surface area contributed by atoms with E-state index in [9.17, 15) is 4.39 Å². The van der Waals surface area contributed by atoms with Gasteiger partial charge < -0.3 is 14.7 Å². The Labute approximate surface area is 89.4 Å². The van der Waals surface area contributed by atoms with Gasteiger partial charge in [-0.1, -0.05) is 5.16 Å². The Kier molecular flexibility index (Phi) is 1.73. The Morgan fingerprint density at radius 3 is 2.88 bits per heavy atom. The van der Waals surface area contributed by atoms with Gasteiger partial charge in [0.2, 0.25) is 5.88 Å². The molecule has 0 aliphatic carbocycles. The summed E-state index contributed by atoms with van der Waals surface area (Å²) >= 11 is 0. The molecule has 5 heteroatoms. The van der Waals surface area contributed by atoms with Gasteiger partial charge in [0.1, 0.15) is 17.1 Å². The molecule has 2 aromatic heterocycles. The van der Waals surface area contributed by atoms with Crippen molar-refractivity contribution in [1.29, 1.82) is 0 Å². The molecule has 0 saturated carbocycles. The number of rotatable bonds is 1. The van der Waals surface area contributed by atoms with Gasteiger partial charge in [-0.25, -0.2) is 4.39 Å². The van der Waals surface area contributed by atoms with Gasteiger partial charge in [0, 0.05) is 11.6 Å². The summed E-state index contributed by atoms with van der Waals surface area (Å²) in [6.45, 7) is 0. The maximum absolute atomic E-state index is 14.0. The van der Waals surface area contributed by atoms with Crippen LogP contribution in [0, 0.1) is 5.82 Å². The van der Waals surface area contributed by atoms with Crippen molar-refractivity contribution in [2.24, 2.45) is 0 Å². The topological polar surface area (TPSA) is 65.2 Å². The monoisotopic (exact) mass is 218 g/mol. The first-order valence-corrected chi connectivity index (χ1v) is 4.64. The number of nitrogens with two attached hydrogens (primary N) is 1. The third kappa shape index (κ3) is 1.18. The summed E-state index contributed by atoms with van der Waals surface area (Å²) in [5.41, 5.74) is 6.60. The number of nitrogen functional groups attached to an aromatic ring is 1. The number of fused-ring (bicyclic) bond motifs is 1. The van der Waals surface area contributed by atoms with Gasteiger partial charge in [-0.2, -0.15) is 0 Å². The summed E-state index contributed by atoms with van der Waals surface area (Å²) in [6.07, 6.45) is 1.44. The summed E-state index contributed by atoms with van der Waals surface area (Å²) < 4.78 is 23.8. The molecule has 2 heterocycles. The summed E-state index contributed by atoms with van der Waals surface area (Å²) in [6, 6.07) is 6.30. The SMILES string of the molecule is Nc1cc(-c2ccc3occc3c2F)no1. The number of halogens is 1. The zero-order valence-electron chi connectivity index (χ0n) is 8.11. The zero-order valence-corrected chi connectivity index (χ0v) is 8.11. The van der Waals surface area contributed by atoms with Crippen LogP contribution in [0.3, 0.4) is 0 Å². The van der Waals surface area contributed by atoms with Crippen LogP contribution < -0.4 is 5.73 Å². The first-order chi connectivity index (χ1) is 7.75. The van der Waals surface area contributed by atoms with Crippen molar-refractivity contribution in [3.63, 3.8) is 0 Å². The van der Waals surface area contributed by atoms with Crippen molar-refractivity contribution in [2.75, 3.05) is 5.73 Å². The molecular formula is C11H7FN2O2. The van der Waals surface area contributed by atoms with Crippen LogP contribution in [-0.4, -0.2) is 5.16 Å². The average molecular weight is 218 g/mol. The van der Waals surface area contributed by atoms with Crippen molar-refractivity contribution >= 4 is 16.9 Å². The molecule has 0 aliphatic rings. The lowest BCUT2D eigenvalue weighted by Crippen LogP contribution is -1.84. The van der Waals surface area contributed by atoms with Gasteiger partial charge in [-0.3, -0.25) is 0 Å². The average Bonchev–Trinajstić information content (AvgIpc) is 2.87. The maximum Gasteiger partial charge on any atom is 0.222 e. The summed E-state index contributed by atoms with van der Waals surface area (Å²) in [5.74, 6) is -0.235. The van der Waals surface area contributed by atoms with Crippen molar-refractivity contribution < 1.29 is 13.3 Å². The Morgan fingerprint density at radius 2 is 2.12 bits per heavy atom. The second kappa shape index (κ2) is 3.10. The molecule has 0 fully saturated rings. The predicted octanol–water partition coefficient (Wildman–Crippen LogP) is 2.81. The minimum absolute atomic E-state index is 0.154. The quantitative estimate of drug-likeness (QED) is 0.682. The fourth-order valence-corrected chi connectivity index (χ4v) is 1.62. The summed E-state index contributed by atoms with van der Waals surface area (Å²) in [7, 11) is 0. The molecule has 0 unspecified atom stereocenters. The van der Waals surface area contributed by atoms with Gasteiger partial charge in [0.05, 0.1) is 11.6 Å². The predicted molar refractivity (Wildman–Crippen MR) is 56.1 cm³/mol. The third-order valence-corrected chi connectivity index (χ3v) is 2.37. The number of hydrogen-bond acceptors (Lipinski definition) is 4. The minimum atomic E-state index is -0.389. The molecule has 0 saturated heterocycles. The number of hydrogen-bond donors (Lipinski definition) is 1. The lowest BCUT2D eigenvalue weighted by Gasteiger charge is -1.98. The summed E-state index contributed by atoms with van der Waals surface area (Å²) in [4.78, 5) is 0. The molecule has 0 bridgehead atoms. The van der Waals surface area contributed by atoms with Crippen molar-refractivity contribution in [2.45, 2.75) is 0 Å². The second-order valence-electron chi connectivity index (χ2n) is 3.37. The van der Waals surface area contributed by atoms with Crippen LogP contribution in [0.25, 0.3) is 22.2 Å². The minimum Gasteiger partial charge on any atom is -0.464 e. The van der Waals surface area contributed by atoms with Crippen LogP contribution in [0.5, 0.6) is 0 Å². The van der Waals surface area contributed by atoms with Crippen molar-refractivity contribution in [3.05, 3.63) is 36.3 Å². The number of nitrogens with zero attached hydrogens (tertiary/aromatic N) is 1. The van der Waals surface area contributed by atoms with E-state index in [2.05, 4.69) is 5.16 Å². The molecule has 0 amide bonds. The first-order valence-electron chi connectivity index (χ1n) is 4.64. The molecule has 16 heavy (non-hydrogen) atoms. The summed E-state index contributed by atoms with van der Waals surface area (Å²) in [5, 5.41) is 4.08. The van der Waals surface area contributed by atoms with E-state index in [-0.39, 0.29) is 11.7 Å². The third-order valence-electron chi connectivity index (χ3n) is 2.37. The highest BCUT2D eigenvalue weighted by molar-refractivity contribution is 5.83. The van der Waals surface area contributed by atoms with Crippen LogP contribution in [0.15, 0.2) is 39.5 Å². The van der Waals surface area contributed by atoms with E-state index < -0.39 is 0 Å². The zero-order chi connectivity index (χ0) is 11.1. The van der Waals surface area contributed by atoms with E-state index >= 15 is 0 Å². The molecule has 1 aromatic carbocycles. The maximum atomic E-state index is 14.0. The lowest BCUT2D eigenvalue weighted by atomic mass is 10.1. The highest BCUT2D eigenvalue weighted by Gasteiger charge is 2.13. The van der Waals surface area contributed by atoms with Crippen LogP contribution >= 0.6 is 0 Å². The molecule has 0 radical (unpaired) electrons. The van der Waals surface area contributed by atoms with Gasteiger partial charge >= 0.3 is 0 Å². The molecule has 0 aliphatic heterocycles. The smallest absolute Gasteiger partial charge is 0.222 e. The van der Waals surface area contributed by atoms with Crippen molar-refractivity contribution in [1.82, 2.24) is 5.16 Å². The van der Waals surface area contributed by atoms with Gasteiger partial charge in [0.15, 0.2) is 0 Å². The standard InChI is InChI=1S/C11H7FN2O2/c12-11-6(8-5-10(13)16-14-8)1-2-9-7(11)3-4-15-9/h1-5H,13H2. The second-order valence-corrected chi connectivity index (χ2v) is 3.37. The Bertz CT molecular complexity index is 657. The first kappa shape index (κ1) is 8.96. The van der Waals surface area contributed by atoms with Crippen LogP contribution in [0.4, 0.5) is 10.3 Å². The van der Waals surface area contributed by atoms with E-state index in [1.54, 1.807) is 18.2 Å². The molecule has 80 valence electrons. The lowest BCUT2D eigenvalue weighted by molar-refractivity contribution is 0.438. The number of anilines is 1. The van der Waals surface area contributed by atoms with E-state index in [0.29, 0.717) is 22.2 Å². The fraction of sp³-hybridized carbons (Fsp3) is 0. The number of furan rings is 1. The molecule has 2 N–H and O–H groups in total. The Hall–Kier alpha value is -2.30. The van der Waals surface area contributed by atoms with E-state index in [1.807, 2.05) is 0 Å². The van der Waals surface area contributed by atoms with E-state index in [0.717, 1.165) is 0 Å². The Morgan fingerprint density at radius 1 is 1.25 bits per heavy atom. The highest BCUT2D eigenvalue weighted by Crippen LogP contribution is 2.29. The van der Waals surface area contributed by atoms with Gasteiger partial charge in [-0.05, 0) is 18.2 Å². The largest absolute Gasteiger partial charge is 0.464 e. The molecule has 0 spiro atoms. The Balaban J connectivity index is 2.27. The van der Waals surface area contributed by atoms with E-state index in [1.165, 1.54) is 12.3 Å². The molecule has 3 rings (SSSR count). The number of aromatic nitrogens is 1. The fourth-order valence-electron chi connectivity index (χ4n) is 1.62. The van der Waals surface area contributed by atoms with E-state index in [4.69, 9.17) is 14.7 Å². The van der Waals surface area contributed by atoms with Crippen LogP contribution in [0.2, 0.25) is 0 Å². The molecule has 3 aromatic rings.